The third kappa shape index (κ3) is 3.20. The van der Waals surface area contributed by atoms with Gasteiger partial charge >= 0.3 is 0 Å². The van der Waals surface area contributed by atoms with Crippen LogP contribution in [0.15, 0.2) is 36.7 Å². The molecule has 25 heavy (non-hydrogen) atoms. The Morgan fingerprint density at radius 1 is 1.04 bits per heavy atom. The van der Waals surface area contributed by atoms with Crippen LogP contribution in [0.25, 0.3) is 27.3 Å². The van der Waals surface area contributed by atoms with Crippen LogP contribution in [-0.2, 0) is 20.1 Å². The normalized spacial score (nSPS) is 10.9. The molecule has 4 rings (SSSR count). The van der Waals surface area contributed by atoms with Crippen LogP contribution >= 0.6 is 11.3 Å². The molecule has 5 heteroatoms. The third-order valence-corrected chi connectivity index (χ3v) is 5.12. The fraction of sp³-hybridized carbons (Fsp3) is 0.200. The molecule has 0 fully saturated rings. The number of nitrogens with zero attached hydrogens (tertiary/aromatic N) is 3. The topological polar surface area (TPSA) is 30.7 Å². The molecule has 0 unspecified atom stereocenters. The molecule has 129 valence electrons. The number of benzene rings is 2. The number of hydrogen-bond donors (Lipinski definition) is 0. The first kappa shape index (κ1) is 18.0. The van der Waals surface area contributed by atoms with E-state index in [1.54, 1.807) is 11.3 Å². The summed E-state index contributed by atoms with van der Waals surface area (Å²) in [7, 11) is 0. The molecular weight excluding hydrogens is 507 g/mol. The predicted octanol–water partition coefficient (Wildman–Crippen LogP) is 5.18. The maximum Gasteiger partial charge on any atom is 0.0796 e. The Hall–Kier alpha value is -1.81. The second-order valence-corrected chi connectivity index (χ2v) is 7.43. The second kappa shape index (κ2) is 6.83. The number of fused-ring (bicyclic) bond motifs is 1. The van der Waals surface area contributed by atoms with E-state index in [9.17, 15) is 0 Å². The first-order valence-electron chi connectivity index (χ1n) is 7.94. The molecule has 2 aromatic carbocycles. The van der Waals surface area contributed by atoms with E-state index >= 15 is 0 Å². The van der Waals surface area contributed by atoms with Gasteiger partial charge < -0.3 is 4.57 Å². The van der Waals surface area contributed by atoms with Crippen molar-refractivity contribution in [3.63, 3.8) is 0 Å². The smallest absolute Gasteiger partial charge is 0.0796 e. The molecule has 0 saturated carbocycles. The molecule has 0 aliphatic rings. The van der Waals surface area contributed by atoms with Crippen molar-refractivity contribution in [2.24, 2.45) is 0 Å². The molecule has 2 aromatic heterocycles. The maximum atomic E-state index is 4.59. The summed E-state index contributed by atoms with van der Waals surface area (Å²) < 4.78 is 3.32. The van der Waals surface area contributed by atoms with Crippen molar-refractivity contribution >= 4 is 21.6 Å². The molecule has 0 N–H and O–H groups in total. The fourth-order valence-corrected chi connectivity index (χ4v) is 4.14. The Balaban J connectivity index is 0.00000182. The minimum Gasteiger partial charge on any atom is -0.340 e. The van der Waals surface area contributed by atoms with Gasteiger partial charge in [-0.1, -0.05) is 17.7 Å². The van der Waals surface area contributed by atoms with Crippen LogP contribution in [0.3, 0.4) is 0 Å². The largest absolute Gasteiger partial charge is 0.340 e. The fourth-order valence-electron chi connectivity index (χ4n) is 3.35. The van der Waals surface area contributed by atoms with Gasteiger partial charge in [-0.3, -0.25) is 9.97 Å². The van der Waals surface area contributed by atoms with E-state index < -0.39 is 0 Å². The van der Waals surface area contributed by atoms with Gasteiger partial charge in [-0.25, -0.2) is 0 Å². The van der Waals surface area contributed by atoms with Crippen LogP contribution in [0.4, 0.5) is 0 Å². The monoisotopic (exact) mass is 525 g/mol. The average Bonchev–Trinajstić information content (AvgIpc) is 3.10. The summed E-state index contributed by atoms with van der Waals surface area (Å²) in [4.78, 5) is 9.18. The minimum atomic E-state index is 0. The molecule has 0 saturated heterocycles. The Labute approximate surface area is 165 Å². The molecule has 1 radical (unpaired) electrons. The SMILES string of the molecule is Cc1cc(C)c(-n2ccnc2-c2[c-]cc3sc(C)nc3c2)c(C)c1.[Ir]. The first-order chi connectivity index (χ1) is 11.5. The Morgan fingerprint density at radius 3 is 2.48 bits per heavy atom. The van der Waals surface area contributed by atoms with Gasteiger partial charge in [0.15, 0.2) is 0 Å². The molecule has 0 atom stereocenters. The number of rotatable bonds is 2. The standard InChI is InChI=1S/C20H18N3S.Ir/c1-12-9-13(2)19(14(3)10-12)23-8-7-21-20(23)16-5-6-18-17(11-16)22-15(4)24-18;/h6-11H,1-4H3;/q-1;. The van der Waals surface area contributed by atoms with Gasteiger partial charge in [0.25, 0.3) is 0 Å². The number of thiazole rings is 1. The van der Waals surface area contributed by atoms with E-state index in [4.69, 9.17) is 0 Å². The van der Waals surface area contributed by atoms with Gasteiger partial charge in [0.05, 0.1) is 10.8 Å². The van der Waals surface area contributed by atoms with Crippen LogP contribution in [-0.4, -0.2) is 14.5 Å². The van der Waals surface area contributed by atoms with E-state index in [1.807, 2.05) is 25.4 Å². The van der Waals surface area contributed by atoms with Crippen LogP contribution in [0, 0.1) is 33.8 Å². The van der Waals surface area contributed by atoms with Crippen LogP contribution in [0.5, 0.6) is 0 Å². The van der Waals surface area contributed by atoms with E-state index in [1.165, 1.54) is 22.4 Å². The van der Waals surface area contributed by atoms with Crippen LogP contribution in [0.2, 0.25) is 0 Å². The number of hydrogen-bond acceptors (Lipinski definition) is 3. The molecule has 0 aliphatic carbocycles. The van der Waals surface area contributed by atoms with Crippen LogP contribution in [0.1, 0.15) is 21.7 Å². The van der Waals surface area contributed by atoms with E-state index in [0.717, 1.165) is 26.6 Å². The zero-order chi connectivity index (χ0) is 16.8. The van der Waals surface area contributed by atoms with Crippen molar-refractivity contribution in [3.8, 4) is 17.1 Å². The maximum absolute atomic E-state index is 4.59. The van der Waals surface area contributed by atoms with Crippen molar-refractivity contribution in [1.29, 1.82) is 0 Å². The summed E-state index contributed by atoms with van der Waals surface area (Å²) in [6, 6.07) is 11.9. The Morgan fingerprint density at radius 2 is 1.76 bits per heavy atom. The summed E-state index contributed by atoms with van der Waals surface area (Å²) in [5.41, 5.74) is 6.95. The summed E-state index contributed by atoms with van der Waals surface area (Å²) in [5.74, 6) is 0.901. The predicted molar refractivity (Wildman–Crippen MR) is 100.0 cm³/mol. The van der Waals surface area contributed by atoms with E-state index in [0.29, 0.717) is 0 Å². The molecule has 2 heterocycles. The van der Waals surface area contributed by atoms with Gasteiger partial charge in [0.2, 0.25) is 0 Å². The van der Waals surface area contributed by atoms with Crippen molar-refractivity contribution in [1.82, 2.24) is 14.5 Å². The zero-order valence-electron chi connectivity index (χ0n) is 14.5. The number of aromatic nitrogens is 3. The average molecular weight is 525 g/mol. The van der Waals surface area contributed by atoms with Crippen molar-refractivity contribution in [3.05, 3.63) is 64.4 Å². The van der Waals surface area contributed by atoms with Crippen molar-refractivity contribution in [2.75, 3.05) is 0 Å². The molecule has 0 aliphatic heterocycles. The van der Waals surface area contributed by atoms with Gasteiger partial charge in [0.1, 0.15) is 0 Å². The molecular formula is C20H18IrN3S-. The number of imidazole rings is 1. The van der Waals surface area contributed by atoms with Gasteiger partial charge in [0, 0.05) is 38.2 Å². The summed E-state index contributed by atoms with van der Waals surface area (Å²) >= 11 is 1.70. The second-order valence-electron chi connectivity index (χ2n) is 6.20. The molecule has 4 aromatic rings. The molecule has 0 bridgehead atoms. The Bertz CT molecular complexity index is 1040. The van der Waals surface area contributed by atoms with E-state index in [2.05, 4.69) is 59.6 Å². The number of aryl methyl sites for hydroxylation is 4. The van der Waals surface area contributed by atoms with E-state index in [-0.39, 0.29) is 20.1 Å². The summed E-state index contributed by atoms with van der Waals surface area (Å²) in [6.45, 7) is 8.46. The quantitative estimate of drug-likeness (QED) is 0.339. The summed E-state index contributed by atoms with van der Waals surface area (Å²) in [6.07, 6.45) is 3.86. The zero-order valence-corrected chi connectivity index (χ0v) is 17.8. The van der Waals surface area contributed by atoms with Crippen molar-refractivity contribution < 1.29 is 20.1 Å². The Kier molecular flexibility index (Phi) is 4.92. The molecule has 0 spiro atoms. The van der Waals surface area contributed by atoms with Gasteiger partial charge in [-0.2, -0.15) is 11.3 Å². The van der Waals surface area contributed by atoms with Crippen molar-refractivity contribution in [2.45, 2.75) is 27.7 Å². The minimum absolute atomic E-state index is 0. The van der Waals surface area contributed by atoms with Gasteiger partial charge in [-0.05, 0) is 49.0 Å². The summed E-state index contributed by atoms with van der Waals surface area (Å²) in [5, 5.41) is 1.07. The first-order valence-corrected chi connectivity index (χ1v) is 8.75. The third-order valence-electron chi connectivity index (χ3n) is 4.19. The van der Waals surface area contributed by atoms with Gasteiger partial charge in [-0.15, -0.1) is 23.8 Å². The van der Waals surface area contributed by atoms with Crippen LogP contribution < -0.4 is 0 Å². The molecule has 0 amide bonds. The molecule has 3 nitrogen and oxygen atoms in total.